The molecule has 21 heavy (non-hydrogen) atoms. The quantitative estimate of drug-likeness (QED) is 0.358. The highest BCUT2D eigenvalue weighted by atomic mass is 35.5. The third kappa shape index (κ3) is 1.91. The van der Waals surface area contributed by atoms with Gasteiger partial charge in [-0.15, -0.1) is 0 Å². The summed E-state index contributed by atoms with van der Waals surface area (Å²) in [6.45, 7) is 3.84. The summed E-state index contributed by atoms with van der Waals surface area (Å²) in [5.41, 5.74) is 0.976. The van der Waals surface area contributed by atoms with E-state index in [0.29, 0.717) is 5.03 Å². The van der Waals surface area contributed by atoms with Crippen LogP contribution in [0.4, 0.5) is 0 Å². The van der Waals surface area contributed by atoms with Crippen molar-refractivity contribution >= 4 is 49.0 Å². The molecular formula is C20H13Cl. The highest BCUT2D eigenvalue weighted by molar-refractivity contribution is 6.48. The van der Waals surface area contributed by atoms with Crippen LogP contribution in [0.1, 0.15) is 5.56 Å². The van der Waals surface area contributed by atoms with Gasteiger partial charge in [0.05, 0.1) is 0 Å². The first-order valence-corrected chi connectivity index (χ1v) is 7.31. The molecule has 0 aliphatic heterocycles. The lowest BCUT2D eigenvalue weighted by Gasteiger charge is -2.09. The van der Waals surface area contributed by atoms with Crippen molar-refractivity contribution in [3.8, 4) is 0 Å². The molecule has 0 radical (unpaired) electrons. The minimum atomic E-state index is 0.578. The Bertz CT molecular complexity index is 1010. The van der Waals surface area contributed by atoms with Crippen molar-refractivity contribution in [2.24, 2.45) is 0 Å². The fourth-order valence-electron chi connectivity index (χ4n) is 2.99. The summed E-state index contributed by atoms with van der Waals surface area (Å²) in [6.07, 6.45) is 0. The predicted octanol–water partition coefficient (Wildman–Crippen LogP) is 6.36. The van der Waals surface area contributed by atoms with E-state index in [-0.39, 0.29) is 0 Å². The van der Waals surface area contributed by atoms with Gasteiger partial charge in [0.15, 0.2) is 0 Å². The van der Waals surface area contributed by atoms with Crippen LogP contribution in [0.3, 0.4) is 0 Å². The summed E-state index contributed by atoms with van der Waals surface area (Å²) < 4.78 is 0. The molecule has 1 heteroatoms. The first kappa shape index (κ1) is 12.4. The molecule has 0 amide bonds. The zero-order chi connectivity index (χ0) is 14.4. The molecule has 0 saturated heterocycles. The number of benzene rings is 4. The molecule has 0 heterocycles. The van der Waals surface area contributed by atoms with Crippen molar-refractivity contribution in [2.75, 3.05) is 0 Å². The maximum atomic E-state index is 6.08. The Hall–Kier alpha value is -2.31. The second kappa shape index (κ2) is 4.61. The highest BCUT2D eigenvalue weighted by Gasteiger charge is 2.06. The molecule has 4 aromatic rings. The van der Waals surface area contributed by atoms with Crippen LogP contribution in [0.2, 0.25) is 0 Å². The summed E-state index contributed by atoms with van der Waals surface area (Å²) in [7, 11) is 0. The van der Waals surface area contributed by atoms with E-state index in [1.807, 2.05) is 6.07 Å². The number of fused-ring (bicyclic) bond motifs is 5. The van der Waals surface area contributed by atoms with Crippen LogP contribution in [0.25, 0.3) is 37.3 Å². The lowest BCUT2D eigenvalue weighted by molar-refractivity contribution is 1.73. The van der Waals surface area contributed by atoms with Crippen LogP contribution >= 0.6 is 11.6 Å². The van der Waals surface area contributed by atoms with Crippen LogP contribution in [-0.2, 0) is 0 Å². The highest BCUT2D eigenvalue weighted by Crippen LogP contribution is 2.33. The van der Waals surface area contributed by atoms with Gasteiger partial charge in [0.25, 0.3) is 0 Å². The molecule has 0 aromatic heterocycles. The Morgan fingerprint density at radius 1 is 0.714 bits per heavy atom. The average molecular weight is 289 g/mol. The largest absolute Gasteiger partial charge is 0.0843 e. The van der Waals surface area contributed by atoms with E-state index in [0.717, 1.165) is 5.56 Å². The first-order valence-electron chi connectivity index (χ1n) is 6.93. The van der Waals surface area contributed by atoms with Gasteiger partial charge in [0.2, 0.25) is 0 Å². The van der Waals surface area contributed by atoms with E-state index in [9.17, 15) is 0 Å². The van der Waals surface area contributed by atoms with Gasteiger partial charge in [0, 0.05) is 5.03 Å². The molecule has 100 valence electrons. The molecule has 0 atom stereocenters. The SMILES string of the molecule is C=C(Cl)c1ccc2ccc3ccc4ccccc4c3c2c1. The average Bonchev–Trinajstić information content (AvgIpc) is 2.53. The fraction of sp³-hybridized carbons (Fsp3) is 0. The molecule has 0 bridgehead atoms. The number of rotatable bonds is 1. The topological polar surface area (TPSA) is 0 Å². The van der Waals surface area contributed by atoms with E-state index in [4.69, 9.17) is 11.6 Å². The normalized spacial score (nSPS) is 11.3. The van der Waals surface area contributed by atoms with Crippen molar-refractivity contribution in [1.29, 1.82) is 0 Å². The molecule has 0 nitrogen and oxygen atoms in total. The van der Waals surface area contributed by atoms with Gasteiger partial charge in [-0.2, -0.15) is 0 Å². The smallest absolute Gasteiger partial charge is 0.0406 e. The third-order valence-electron chi connectivity index (χ3n) is 4.04. The van der Waals surface area contributed by atoms with E-state index < -0.39 is 0 Å². The van der Waals surface area contributed by atoms with Crippen LogP contribution in [0.5, 0.6) is 0 Å². The van der Waals surface area contributed by atoms with Gasteiger partial charge in [0.1, 0.15) is 0 Å². The van der Waals surface area contributed by atoms with Crippen LogP contribution in [-0.4, -0.2) is 0 Å². The van der Waals surface area contributed by atoms with Crippen LogP contribution in [0, 0.1) is 0 Å². The van der Waals surface area contributed by atoms with E-state index in [2.05, 4.69) is 67.2 Å². The number of hydrogen-bond acceptors (Lipinski definition) is 0. The predicted molar refractivity (Wildman–Crippen MR) is 93.8 cm³/mol. The van der Waals surface area contributed by atoms with Gasteiger partial charge in [-0.1, -0.05) is 78.8 Å². The minimum Gasteiger partial charge on any atom is -0.0843 e. The fourth-order valence-corrected chi connectivity index (χ4v) is 3.11. The lowest BCUT2D eigenvalue weighted by Crippen LogP contribution is -1.83. The molecule has 0 N–H and O–H groups in total. The Labute approximate surface area is 128 Å². The molecule has 0 fully saturated rings. The van der Waals surface area contributed by atoms with E-state index in [1.165, 1.54) is 32.3 Å². The van der Waals surface area contributed by atoms with Gasteiger partial charge in [-0.05, 0) is 43.9 Å². The third-order valence-corrected chi connectivity index (χ3v) is 4.26. The molecule has 0 aliphatic carbocycles. The van der Waals surface area contributed by atoms with Crippen molar-refractivity contribution in [2.45, 2.75) is 0 Å². The zero-order valence-corrected chi connectivity index (χ0v) is 12.2. The molecule has 4 aromatic carbocycles. The van der Waals surface area contributed by atoms with Gasteiger partial charge in [-0.3, -0.25) is 0 Å². The zero-order valence-electron chi connectivity index (χ0n) is 11.4. The summed E-state index contributed by atoms with van der Waals surface area (Å²) in [5.74, 6) is 0. The van der Waals surface area contributed by atoms with Crippen molar-refractivity contribution in [3.05, 3.63) is 78.9 Å². The second-order valence-electron chi connectivity index (χ2n) is 5.29. The van der Waals surface area contributed by atoms with E-state index >= 15 is 0 Å². The summed E-state index contributed by atoms with van der Waals surface area (Å²) >= 11 is 6.08. The summed E-state index contributed by atoms with van der Waals surface area (Å²) in [6, 6.07) is 23.5. The molecule has 0 aliphatic rings. The van der Waals surface area contributed by atoms with Gasteiger partial charge < -0.3 is 0 Å². The second-order valence-corrected chi connectivity index (χ2v) is 5.75. The van der Waals surface area contributed by atoms with Crippen molar-refractivity contribution < 1.29 is 0 Å². The van der Waals surface area contributed by atoms with Crippen molar-refractivity contribution in [1.82, 2.24) is 0 Å². The Balaban J connectivity index is 2.27. The van der Waals surface area contributed by atoms with Gasteiger partial charge >= 0.3 is 0 Å². The molecule has 4 rings (SSSR count). The molecule has 0 unspecified atom stereocenters. The Morgan fingerprint density at radius 2 is 1.33 bits per heavy atom. The Morgan fingerprint density at radius 3 is 2.10 bits per heavy atom. The molecular weight excluding hydrogens is 276 g/mol. The monoisotopic (exact) mass is 288 g/mol. The van der Waals surface area contributed by atoms with E-state index in [1.54, 1.807) is 0 Å². The summed E-state index contributed by atoms with van der Waals surface area (Å²) in [5, 5.41) is 8.09. The lowest BCUT2D eigenvalue weighted by atomic mass is 9.95. The maximum absolute atomic E-state index is 6.08. The standard InChI is InChI=1S/C20H13Cl/c1-13(21)17-11-8-15-7-10-16-9-6-14-4-2-3-5-18(14)20(16)19(15)12-17/h2-12H,1H2. The Kier molecular flexibility index (Phi) is 2.73. The van der Waals surface area contributed by atoms with Crippen LogP contribution in [0.15, 0.2) is 73.3 Å². The molecule has 0 saturated carbocycles. The number of hydrogen-bond donors (Lipinski definition) is 0. The van der Waals surface area contributed by atoms with Gasteiger partial charge in [-0.25, -0.2) is 0 Å². The first-order chi connectivity index (χ1) is 10.2. The summed E-state index contributed by atoms with van der Waals surface area (Å²) in [4.78, 5) is 0. The van der Waals surface area contributed by atoms with Crippen molar-refractivity contribution in [3.63, 3.8) is 0 Å². The number of halogens is 1. The molecule has 0 spiro atoms. The maximum Gasteiger partial charge on any atom is 0.0406 e. The minimum absolute atomic E-state index is 0.578. The van der Waals surface area contributed by atoms with Crippen LogP contribution < -0.4 is 0 Å².